The van der Waals surface area contributed by atoms with Crippen LogP contribution in [0.3, 0.4) is 0 Å². The van der Waals surface area contributed by atoms with Gasteiger partial charge in [-0.3, -0.25) is 4.79 Å². The van der Waals surface area contributed by atoms with Crippen LogP contribution in [0.25, 0.3) is 10.9 Å². The van der Waals surface area contributed by atoms with Crippen molar-refractivity contribution < 1.29 is 0 Å². The fourth-order valence-electron chi connectivity index (χ4n) is 2.49. The average Bonchev–Trinajstić information content (AvgIpc) is 2.40. The SMILES string of the molecule is O=c1[nH]c2ccccc2c(=O)n1N1CCCCC1. The first-order valence-electron chi connectivity index (χ1n) is 6.27. The highest BCUT2D eigenvalue weighted by molar-refractivity contribution is 5.76. The van der Waals surface area contributed by atoms with E-state index in [-0.39, 0.29) is 11.2 Å². The van der Waals surface area contributed by atoms with Crippen molar-refractivity contribution >= 4 is 10.9 Å². The molecule has 1 fully saturated rings. The molecule has 18 heavy (non-hydrogen) atoms. The van der Waals surface area contributed by atoms with E-state index in [2.05, 4.69) is 4.98 Å². The van der Waals surface area contributed by atoms with E-state index >= 15 is 0 Å². The number of nitrogens with one attached hydrogen (secondary N) is 1. The maximum atomic E-state index is 12.3. The van der Waals surface area contributed by atoms with Crippen LogP contribution in [-0.2, 0) is 0 Å². The number of aromatic amines is 1. The van der Waals surface area contributed by atoms with Crippen LogP contribution in [0.4, 0.5) is 0 Å². The summed E-state index contributed by atoms with van der Waals surface area (Å²) in [6, 6.07) is 7.11. The summed E-state index contributed by atoms with van der Waals surface area (Å²) in [6.45, 7) is 1.53. The Morgan fingerprint density at radius 2 is 1.72 bits per heavy atom. The van der Waals surface area contributed by atoms with Gasteiger partial charge in [0.25, 0.3) is 5.56 Å². The maximum absolute atomic E-state index is 12.3. The molecule has 1 aromatic heterocycles. The lowest BCUT2D eigenvalue weighted by Crippen LogP contribution is -2.52. The summed E-state index contributed by atoms with van der Waals surface area (Å²) in [5, 5.41) is 2.40. The molecule has 0 bridgehead atoms. The molecule has 0 radical (unpaired) electrons. The van der Waals surface area contributed by atoms with Crippen LogP contribution >= 0.6 is 0 Å². The number of benzene rings is 1. The third-order valence-electron chi connectivity index (χ3n) is 3.40. The van der Waals surface area contributed by atoms with E-state index < -0.39 is 0 Å². The third kappa shape index (κ3) is 1.72. The Hall–Kier alpha value is -2.04. The molecule has 1 saturated heterocycles. The van der Waals surface area contributed by atoms with E-state index in [1.807, 2.05) is 17.1 Å². The van der Waals surface area contributed by atoms with Gasteiger partial charge in [0.15, 0.2) is 0 Å². The van der Waals surface area contributed by atoms with Gasteiger partial charge in [0.05, 0.1) is 10.9 Å². The molecule has 0 spiro atoms. The monoisotopic (exact) mass is 245 g/mol. The molecule has 0 aliphatic carbocycles. The molecule has 5 nitrogen and oxygen atoms in total. The van der Waals surface area contributed by atoms with Gasteiger partial charge in [-0.05, 0) is 31.4 Å². The first-order chi connectivity index (χ1) is 8.77. The second-order valence-corrected chi connectivity index (χ2v) is 4.61. The molecule has 0 amide bonds. The highest BCUT2D eigenvalue weighted by Gasteiger charge is 2.16. The lowest BCUT2D eigenvalue weighted by atomic mass is 10.2. The summed E-state index contributed by atoms with van der Waals surface area (Å²) in [5.74, 6) is 0. The zero-order valence-electron chi connectivity index (χ0n) is 10.1. The Morgan fingerprint density at radius 3 is 2.50 bits per heavy atom. The minimum atomic E-state index is -0.347. The lowest BCUT2D eigenvalue weighted by Gasteiger charge is -2.28. The van der Waals surface area contributed by atoms with Gasteiger partial charge in [0.2, 0.25) is 0 Å². The molecule has 1 aromatic carbocycles. The van der Waals surface area contributed by atoms with Crippen molar-refractivity contribution in [2.24, 2.45) is 0 Å². The largest absolute Gasteiger partial charge is 0.347 e. The molecular formula is C13H15N3O2. The summed E-state index contributed by atoms with van der Waals surface area (Å²) in [4.78, 5) is 27.1. The normalized spacial score (nSPS) is 16.1. The Kier molecular flexibility index (Phi) is 2.66. The van der Waals surface area contributed by atoms with Gasteiger partial charge >= 0.3 is 5.69 Å². The highest BCUT2D eigenvalue weighted by atomic mass is 16.2. The van der Waals surface area contributed by atoms with Crippen molar-refractivity contribution in [3.8, 4) is 0 Å². The van der Waals surface area contributed by atoms with Crippen LogP contribution in [0.2, 0.25) is 0 Å². The van der Waals surface area contributed by atoms with E-state index in [0.29, 0.717) is 10.9 Å². The number of nitrogens with zero attached hydrogens (tertiary/aromatic N) is 2. The zero-order chi connectivity index (χ0) is 12.5. The number of piperidine rings is 1. The maximum Gasteiger partial charge on any atom is 0.347 e. The van der Waals surface area contributed by atoms with E-state index in [4.69, 9.17) is 0 Å². The molecule has 5 heteroatoms. The summed E-state index contributed by atoms with van der Waals surface area (Å²) in [6.07, 6.45) is 3.22. The second-order valence-electron chi connectivity index (χ2n) is 4.61. The Labute approximate surface area is 104 Å². The zero-order valence-corrected chi connectivity index (χ0v) is 10.1. The van der Waals surface area contributed by atoms with Gasteiger partial charge in [0, 0.05) is 13.1 Å². The van der Waals surface area contributed by atoms with Crippen LogP contribution in [0.15, 0.2) is 33.9 Å². The highest BCUT2D eigenvalue weighted by Crippen LogP contribution is 2.07. The van der Waals surface area contributed by atoms with Gasteiger partial charge < -0.3 is 9.99 Å². The molecule has 1 N–H and O–H groups in total. The molecule has 1 aliphatic rings. The Bertz CT molecular complexity index is 680. The first kappa shape index (κ1) is 11.1. The fourth-order valence-corrected chi connectivity index (χ4v) is 2.49. The van der Waals surface area contributed by atoms with E-state index in [9.17, 15) is 9.59 Å². The standard InChI is InChI=1S/C13H15N3O2/c17-12-10-6-2-3-7-11(10)14-13(18)16(12)15-8-4-1-5-9-15/h2-3,6-7H,1,4-5,8-9H2,(H,14,18). The van der Waals surface area contributed by atoms with Crippen molar-refractivity contribution in [3.05, 3.63) is 45.1 Å². The molecule has 0 unspecified atom stereocenters. The quantitative estimate of drug-likeness (QED) is 0.809. The number of aromatic nitrogens is 2. The van der Waals surface area contributed by atoms with Crippen molar-refractivity contribution in [1.29, 1.82) is 0 Å². The molecule has 0 saturated carbocycles. The minimum absolute atomic E-state index is 0.226. The number of rotatable bonds is 1. The molecular weight excluding hydrogens is 230 g/mol. The smallest absolute Gasteiger partial charge is 0.306 e. The Balaban J connectivity index is 2.22. The van der Waals surface area contributed by atoms with Gasteiger partial charge in [-0.1, -0.05) is 12.1 Å². The van der Waals surface area contributed by atoms with Crippen molar-refractivity contribution in [1.82, 2.24) is 9.66 Å². The van der Waals surface area contributed by atoms with Crippen LogP contribution in [-0.4, -0.2) is 22.7 Å². The van der Waals surface area contributed by atoms with Crippen molar-refractivity contribution in [2.75, 3.05) is 18.1 Å². The van der Waals surface area contributed by atoms with E-state index in [1.54, 1.807) is 12.1 Å². The summed E-state index contributed by atoms with van der Waals surface area (Å²) < 4.78 is 1.25. The molecule has 3 rings (SSSR count). The molecule has 2 aromatic rings. The van der Waals surface area contributed by atoms with Crippen molar-refractivity contribution in [3.63, 3.8) is 0 Å². The van der Waals surface area contributed by atoms with Crippen molar-refractivity contribution in [2.45, 2.75) is 19.3 Å². The second kappa shape index (κ2) is 4.33. The minimum Gasteiger partial charge on any atom is -0.306 e. The summed E-state index contributed by atoms with van der Waals surface area (Å²) in [7, 11) is 0. The Morgan fingerprint density at radius 1 is 1.00 bits per heavy atom. The van der Waals surface area contributed by atoms with Crippen LogP contribution in [0, 0.1) is 0 Å². The number of hydrogen-bond acceptors (Lipinski definition) is 3. The van der Waals surface area contributed by atoms with Crippen LogP contribution in [0.1, 0.15) is 19.3 Å². The third-order valence-corrected chi connectivity index (χ3v) is 3.40. The molecule has 94 valence electrons. The summed E-state index contributed by atoms with van der Waals surface area (Å²) >= 11 is 0. The fraction of sp³-hybridized carbons (Fsp3) is 0.385. The van der Waals surface area contributed by atoms with Gasteiger partial charge in [-0.2, -0.15) is 4.68 Å². The number of fused-ring (bicyclic) bond motifs is 1. The first-order valence-corrected chi connectivity index (χ1v) is 6.27. The number of H-pyrrole nitrogens is 1. The predicted octanol–water partition coefficient (Wildman–Crippen LogP) is 0.812. The van der Waals surface area contributed by atoms with Gasteiger partial charge in [0.1, 0.15) is 0 Å². The lowest BCUT2D eigenvalue weighted by molar-refractivity contribution is 0.459. The van der Waals surface area contributed by atoms with Gasteiger partial charge in [-0.15, -0.1) is 0 Å². The van der Waals surface area contributed by atoms with Crippen LogP contribution in [0.5, 0.6) is 0 Å². The molecule has 2 heterocycles. The topological polar surface area (TPSA) is 58.1 Å². The van der Waals surface area contributed by atoms with Gasteiger partial charge in [-0.25, -0.2) is 4.79 Å². The number of hydrogen-bond donors (Lipinski definition) is 1. The number of para-hydroxylation sites is 1. The summed E-state index contributed by atoms with van der Waals surface area (Å²) in [5.41, 5.74) is 0.0256. The predicted molar refractivity (Wildman–Crippen MR) is 70.6 cm³/mol. The van der Waals surface area contributed by atoms with E-state index in [0.717, 1.165) is 32.4 Å². The van der Waals surface area contributed by atoms with Crippen LogP contribution < -0.4 is 16.3 Å². The molecule has 1 aliphatic heterocycles. The average molecular weight is 245 g/mol. The van der Waals surface area contributed by atoms with E-state index in [1.165, 1.54) is 4.68 Å². The molecule has 0 atom stereocenters.